The lowest BCUT2D eigenvalue weighted by molar-refractivity contribution is 0.566. The average molecular weight is 123 g/mol. The van der Waals surface area contributed by atoms with Gasteiger partial charge in [0.2, 0.25) is 0 Å². The molecule has 2 rings (SSSR count). The standard InChI is InChI=1S/C8H13N/c1-2-8(3-4-8)5-7-9-6-1/h1-2,9H,3-7H2. The highest BCUT2D eigenvalue weighted by atomic mass is 14.9. The van der Waals surface area contributed by atoms with Gasteiger partial charge < -0.3 is 5.32 Å². The zero-order chi connectivity index (χ0) is 6.16. The minimum absolute atomic E-state index is 0.670. The summed E-state index contributed by atoms with van der Waals surface area (Å²) in [6, 6.07) is 0. The number of hydrogen-bond donors (Lipinski definition) is 1. The van der Waals surface area contributed by atoms with E-state index >= 15 is 0 Å². The lowest BCUT2D eigenvalue weighted by Crippen LogP contribution is -2.14. The third-order valence-corrected chi connectivity index (χ3v) is 2.43. The summed E-state index contributed by atoms with van der Waals surface area (Å²) < 4.78 is 0. The summed E-state index contributed by atoms with van der Waals surface area (Å²) in [5, 5.41) is 3.36. The van der Waals surface area contributed by atoms with E-state index in [9.17, 15) is 0 Å². The molecule has 0 aromatic carbocycles. The number of nitrogens with one attached hydrogen (secondary N) is 1. The first-order valence-corrected chi connectivity index (χ1v) is 3.80. The molecule has 1 aliphatic heterocycles. The first-order chi connectivity index (χ1) is 4.41. The topological polar surface area (TPSA) is 12.0 Å². The van der Waals surface area contributed by atoms with Gasteiger partial charge in [-0.25, -0.2) is 0 Å². The van der Waals surface area contributed by atoms with Crippen molar-refractivity contribution < 1.29 is 0 Å². The van der Waals surface area contributed by atoms with Crippen LogP contribution in [0.2, 0.25) is 0 Å². The van der Waals surface area contributed by atoms with Crippen LogP contribution in [0.4, 0.5) is 0 Å². The summed E-state index contributed by atoms with van der Waals surface area (Å²) in [6.45, 7) is 2.30. The SMILES string of the molecule is C1=CC2(CCNC1)CC2. The molecular formula is C8H13N. The molecule has 1 heteroatoms. The van der Waals surface area contributed by atoms with Crippen LogP contribution in [-0.2, 0) is 0 Å². The minimum Gasteiger partial charge on any atom is -0.313 e. The maximum absolute atomic E-state index is 3.36. The monoisotopic (exact) mass is 123 g/mol. The lowest BCUT2D eigenvalue weighted by Gasteiger charge is -2.04. The zero-order valence-electron chi connectivity index (χ0n) is 5.69. The highest BCUT2D eigenvalue weighted by Crippen LogP contribution is 2.50. The van der Waals surface area contributed by atoms with E-state index in [2.05, 4.69) is 17.5 Å². The first-order valence-electron chi connectivity index (χ1n) is 3.80. The smallest absolute Gasteiger partial charge is 0.0135 e. The van der Waals surface area contributed by atoms with Crippen molar-refractivity contribution in [1.82, 2.24) is 5.32 Å². The second-order valence-electron chi connectivity index (χ2n) is 3.22. The van der Waals surface area contributed by atoms with Gasteiger partial charge in [-0.1, -0.05) is 12.2 Å². The predicted molar refractivity (Wildman–Crippen MR) is 38.3 cm³/mol. The normalized spacial score (nSPS) is 30.2. The molecule has 0 radical (unpaired) electrons. The van der Waals surface area contributed by atoms with E-state index in [0.717, 1.165) is 6.54 Å². The van der Waals surface area contributed by atoms with Crippen molar-refractivity contribution in [2.45, 2.75) is 19.3 Å². The molecule has 0 aromatic rings. The van der Waals surface area contributed by atoms with Crippen LogP contribution in [0.15, 0.2) is 12.2 Å². The van der Waals surface area contributed by atoms with Crippen LogP contribution < -0.4 is 5.32 Å². The Balaban J connectivity index is 2.05. The fraction of sp³-hybridized carbons (Fsp3) is 0.750. The van der Waals surface area contributed by atoms with E-state index < -0.39 is 0 Å². The second kappa shape index (κ2) is 1.84. The van der Waals surface area contributed by atoms with Crippen molar-refractivity contribution in [2.75, 3.05) is 13.1 Å². The Bertz CT molecular complexity index is 134. The Morgan fingerprint density at radius 3 is 2.89 bits per heavy atom. The number of rotatable bonds is 0. The molecule has 1 spiro atoms. The molecule has 0 bridgehead atoms. The Labute approximate surface area is 56.1 Å². The molecular weight excluding hydrogens is 110 g/mol. The number of allylic oxidation sites excluding steroid dienone is 1. The summed E-state index contributed by atoms with van der Waals surface area (Å²) >= 11 is 0. The quantitative estimate of drug-likeness (QED) is 0.479. The van der Waals surface area contributed by atoms with Gasteiger partial charge in [0.05, 0.1) is 0 Å². The van der Waals surface area contributed by atoms with E-state index in [1.54, 1.807) is 0 Å². The molecule has 0 unspecified atom stereocenters. The van der Waals surface area contributed by atoms with Gasteiger partial charge in [0, 0.05) is 6.54 Å². The molecule has 1 nitrogen and oxygen atoms in total. The molecule has 1 saturated carbocycles. The van der Waals surface area contributed by atoms with Crippen molar-refractivity contribution in [3.63, 3.8) is 0 Å². The molecule has 1 fully saturated rings. The fourth-order valence-corrected chi connectivity index (χ4v) is 1.49. The molecule has 50 valence electrons. The molecule has 1 heterocycles. The van der Waals surface area contributed by atoms with E-state index in [0.29, 0.717) is 5.41 Å². The highest BCUT2D eigenvalue weighted by Gasteiger charge is 2.39. The maximum Gasteiger partial charge on any atom is 0.0135 e. The third kappa shape index (κ3) is 1.01. The van der Waals surface area contributed by atoms with E-state index in [-0.39, 0.29) is 0 Å². The molecule has 9 heavy (non-hydrogen) atoms. The Kier molecular flexibility index (Phi) is 1.12. The van der Waals surface area contributed by atoms with Gasteiger partial charge in [-0.05, 0) is 31.2 Å². The van der Waals surface area contributed by atoms with Gasteiger partial charge in [-0.15, -0.1) is 0 Å². The average Bonchev–Trinajstić information content (AvgIpc) is 2.64. The summed E-state index contributed by atoms with van der Waals surface area (Å²) in [7, 11) is 0. The van der Waals surface area contributed by atoms with E-state index in [4.69, 9.17) is 0 Å². The van der Waals surface area contributed by atoms with Crippen LogP contribution in [0.5, 0.6) is 0 Å². The first kappa shape index (κ1) is 5.48. The van der Waals surface area contributed by atoms with Crippen LogP contribution in [-0.4, -0.2) is 13.1 Å². The fourth-order valence-electron chi connectivity index (χ4n) is 1.49. The van der Waals surface area contributed by atoms with Crippen LogP contribution in [0, 0.1) is 5.41 Å². The van der Waals surface area contributed by atoms with Crippen molar-refractivity contribution in [3.8, 4) is 0 Å². The molecule has 1 N–H and O–H groups in total. The summed E-state index contributed by atoms with van der Waals surface area (Å²) in [5.41, 5.74) is 0.670. The van der Waals surface area contributed by atoms with Gasteiger partial charge in [0.15, 0.2) is 0 Å². The largest absolute Gasteiger partial charge is 0.313 e. The Morgan fingerprint density at radius 1 is 1.22 bits per heavy atom. The van der Waals surface area contributed by atoms with Crippen LogP contribution in [0.1, 0.15) is 19.3 Å². The maximum atomic E-state index is 3.36. The van der Waals surface area contributed by atoms with Gasteiger partial charge in [-0.2, -0.15) is 0 Å². The molecule has 1 aliphatic carbocycles. The third-order valence-electron chi connectivity index (χ3n) is 2.43. The molecule has 0 saturated heterocycles. The van der Waals surface area contributed by atoms with Crippen molar-refractivity contribution >= 4 is 0 Å². The molecule has 0 aromatic heterocycles. The summed E-state index contributed by atoms with van der Waals surface area (Å²) in [4.78, 5) is 0. The molecule has 2 aliphatic rings. The highest BCUT2D eigenvalue weighted by molar-refractivity contribution is 5.11. The van der Waals surface area contributed by atoms with Gasteiger partial charge in [0.1, 0.15) is 0 Å². The van der Waals surface area contributed by atoms with Crippen molar-refractivity contribution in [3.05, 3.63) is 12.2 Å². The van der Waals surface area contributed by atoms with E-state index in [1.165, 1.54) is 25.8 Å². The Morgan fingerprint density at radius 2 is 2.11 bits per heavy atom. The lowest BCUT2D eigenvalue weighted by atomic mass is 10.0. The summed E-state index contributed by atoms with van der Waals surface area (Å²) in [6.07, 6.45) is 8.92. The van der Waals surface area contributed by atoms with Crippen molar-refractivity contribution in [1.29, 1.82) is 0 Å². The second-order valence-corrected chi connectivity index (χ2v) is 3.22. The Hall–Kier alpha value is -0.300. The minimum atomic E-state index is 0.670. The van der Waals surface area contributed by atoms with E-state index in [1.807, 2.05) is 0 Å². The van der Waals surface area contributed by atoms with Gasteiger partial charge in [-0.3, -0.25) is 0 Å². The summed E-state index contributed by atoms with van der Waals surface area (Å²) in [5.74, 6) is 0. The van der Waals surface area contributed by atoms with Gasteiger partial charge >= 0.3 is 0 Å². The van der Waals surface area contributed by atoms with Gasteiger partial charge in [0.25, 0.3) is 0 Å². The number of hydrogen-bond acceptors (Lipinski definition) is 1. The van der Waals surface area contributed by atoms with Crippen molar-refractivity contribution in [2.24, 2.45) is 5.41 Å². The van der Waals surface area contributed by atoms with Crippen LogP contribution in [0.3, 0.4) is 0 Å². The van der Waals surface area contributed by atoms with Crippen LogP contribution in [0.25, 0.3) is 0 Å². The van der Waals surface area contributed by atoms with Crippen LogP contribution >= 0.6 is 0 Å². The molecule has 0 atom stereocenters. The predicted octanol–water partition coefficient (Wildman–Crippen LogP) is 1.32. The zero-order valence-corrected chi connectivity index (χ0v) is 5.69. The molecule has 0 amide bonds.